The van der Waals surface area contributed by atoms with Gasteiger partial charge in [0.05, 0.1) is 5.56 Å². The maximum Gasteiger partial charge on any atom is 0.259 e. The van der Waals surface area contributed by atoms with Gasteiger partial charge in [-0.3, -0.25) is 4.79 Å². The molecule has 4 rings (SSSR count). The van der Waals surface area contributed by atoms with E-state index in [-0.39, 0.29) is 30.3 Å². The molecular formula is C31H36F2N2O4. The number of hydrogen-bond acceptors (Lipinski definition) is 5. The lowest BCUT2D eigenvalue weighted by Crippen LogP contribution is -2.42. The van der Waals surface area contributed by atoms with Crippen LogP contribution in [0.1, 0.15) is 66.6 Å². The third-order valence-corrected chi connectivity index (χ3v) is 6.48. The van der Waals surface area contributed by atoms with Crippen LogP contribution < -0.4 is 20.1 Å². The number of halogens is 2. The van der Waals surface area contributed by atoms with Gasteiger partial charge < -0.3 is 25.2 Å². The fraction of sp³-hybridized carbons (Fsp3) is 0.387. The van der Waals surface area contributed by atoms with Gasteiger partial charge in [0.1, 0.15) is 30.0 Å². The molecule has 1 amide bonds. The molecule has 3 aromatic carbocycles. The Balaban J connectivity index is 1.53. The number of anilines is 1. The molecule has 0 saturated heterocycles. The highest BCUT2D eigenvalue weighted by molar-refractivity contribution is 6.06. The smallest absolute Gasteiger partial charge is 0.259 e. The number of nitrogens with one attached hydrogen (secondary N) is 2. The Bertz CT molecular complexity index is 1350. The molecule has 0 spiro atoms. The first-order chi connectivity index (χ1) is 18.4. The Morgan fingerprint density at radius 2 is 1.74 bits per heavy atom. The first-order valence-corrected chi connectivity index (χ1v) is 13.1. The lowest BCUT2D eigenvalue weighted by molar-refractivity contribution is 0.0979. The summed E-state index contributed by atoms with van der Waals surface area (Å²) in [4.78, 5) is 13.4. The molecular weight excluding hydrogens is 502 g/mol. The lowest BCUT2D eigenvalue weighted by Gasteiger charge is -2.23. The van der Waals surface area contributed by atoms with Crippen LogP contribution in [0.3, 0.4) is 0 Å². The molecule has 3 aromatic rings. The summed E-state index contributed by atoms with van der Waals surface area (Å²) in [6.07, 6.45) is 1.32. The van der Waals surface area contributed by atoms with Gasteiger partial charge in [0.15, 0.2) is 11.6 Å². The maximum atomic E-state index is 14.4. The second kappa shape index (κ2) is 11.7. The molecule has 1 aliphatic rings. The Morgan fingerprint density at radius 1 is 1.00 bits per heavy atom. The van der Waals surface area contributed by atoms with E-state index in [1.807, 2.05) is 33.8 Å². The Kier molecular flexibility index (Phi) is 8.57. The first-order valence-electron chi connectivity index (χ1n) is 13.1. The summed E-state index contributed by atoms with van der Waals surface area (Å²) in [5, 5.41) is 16.2. The maximum absolute atomic E-state index is 14.4. The summed E-state index contributed by atoms with van der Waals surface area (Å²) in [6.45, 7) is 9.80. The standard InChI is InChI=1S/C31H36F2N2O4/c1-18-13-25(28(15-24(18)20-6-7-20)39-27-11-8-21(32)12-19(27)2)30(37)35-22-9-10-26(33)29(14-22)38-17-23(36)16-34-31(3,4)5/h8-15,20,23,34,36H,6-7,16-17H2,1-5H3,(H,35,37). The molecule has 1 atom stereocenters. The number of aryl methyl sites for hydroxylation is 2. The van der Waals surface area contributed by atoms with Crippen LogP contribution in [0.2, 0.25) is 0 Å². The van der Waals surface area contributed by atoms with Gasteiger partial charge in [-0.2, -0.15) is 0 Å². The number of hydrogen-bond donors (Lipinski definition) is 3. The molecule has 6 nitrogen and oxygen atoms in total. The molecule has 0 aliphatic heterocycles. The average molecular weight is 539 g/mol. The fourth-order valence-electron chi connectivity index (χ4n) is 4.20. The van der Waals surface area contributed by atoms with Gasteiger partial charge in [0, 0.05) is 23.8 Å². The topological polar surface area (TPSA) is 79.8 Å². The number of ether oxygens (including phenoxy) is 2. The zero-order chi connectivity index (χ0) is 28.3. The van der Waals surface area contributed by atoms with Crippen LogP contribution in [0.25, 0.3) is 0 Å². The predicted octanol–water partition coefficient (Wildman–Crippen LogP) is 6.63. The van der Waals surface area contributed by atoms with Gasteiger partial charge in [-0.25, -0.2) is 8.78 Å². The number of aliphatic hydroxyl groups is 1. The minimum absolute atomic E-state index is 0.0821. The molecule has 8 heteroatoms. The largest absolute Gasteiger partial charge is 0.488 e. The molecule has 0 radical (unpaired) electrons. The van der Waals surface area contributed by atoms with Gasteiger partial charge in [-0.05, 0) is 113 Å². The highest BCUT2D eigenvalue weighted by atomic mass is 19.1. The third kappa shape index (κ3) is 7.77. The van der Waals surface area contributed by atoms with Crippen molar-refractivity contribution in [1.82, 2.24) is 5.32 Å². The van der Waals surface area contributed by atoms with Crippen molar-refractivity contribution in [2.45, 2.75) is 65.0 Å². The van der Waals surface area contributed by atoms with Crippen molar-refractivity contribution in [2.24, 2.45) is 0 Å². The Hall–Kier alpha value is -3.49. The number of benzene rings is 3. The lowest BCUT2D eigenvalue weighted by atomic mass is 9.99. The second-order valence-corrected chi connectivity index (χ2v) is 11.2. The van der Waals surface area contributed by atoms with E-state index in [1.54, 1.807) is 13.0 Å². The van der Waals surface area contributed by atoms with E-state index < -0.39 is 17.8 Å². The van der Waals surface area contributed by atoms with Crippen molar-refractivity contribution in [2.75, 3.05) is 18.5 Å². The molecule has 1 aliphatic carbocycles. The van der Waals surface area contributed by atoms with E-state index in [0.717, 1.165) is 24.0 Å². The van der Waals surface area contributed by atoms with Crippen LogP contribution in [-0.2, 0) is 0 Å². The van der Waals surface area contributed by atoms with Gasteiger partial charge >= 0.3 is 0 Å². The highest BCUT2D eigenvalue weighted by Crippen LogP contribution is 2.44. The van der Waals surface area contributed by atoms with Crippen LogP contribution in [0, 0.1) is 25.5 Å². The van der Waals surface area contributed by atoms with Crippen molar-refractivity contribution in [3.8, 4) is 17.2 Å². The van der Waals surface area contributed by atoms with E-state index in [0.29, 0.717) is 34.2 Å². The fourth-order valence-corrected chi connectivity index (χ4v) is 4.20. The molecule has 0 bridgehead atoms. The zero-order valence-electron chi connectivity index (χ0n) is 23.0. The Labute approximate surface area is 228 Å². The average Bonchev–Trinajstić information content (AvgIpc) is 3.70. The van der Waals surface area contributed by atoms with E-state index in [4.69, 9.17) is 9.47 Å². The number of β-amino-alcohol motifs (C(OH)–C–C–N with tert-alkyl or cyclic N) is 1. The minimum Gasteiger partial charge on any atom is -0.488 e. The van der Waals surface area contributed by atoms with E-state index in [1.165, 1.54) is 36.4 Å². The molecule has 1 unspecified atom stereocenters. The number of carbonyl (C=O) groups is 1. The van der Waals surface area contributed by atoms with Gasteiger partial charge in [-0.1, -0.05) is 0 Å². The van der Waals surface area contributed by atoms with Crippen molar-refractivity contribution < 1.29 is 28.2 Å². The van der Waals surface area contributed by atoms with Crippen LogP contribution in [0.4, 0.5) is 14.5 Å². The van der Waals surface area contributed by atoms with Crippen LogP contribution in [-0.4, -0.2) is 35.8 Å². The number of aliphatic hydroxyl groups excluding tert-OH is 1. The van der Waals surface area contributed by atoms with Crippen LogP contribution in [0.5, 0.6) is 17.2 Å². The summed E-state index contributed by atoms with van der Waals surface area (Å²) in [7, 11) is 0. The predicted molar refractivity (Wildman–Crippen MR) is 148 cm³/mol. The molecule has 0 aromatic heterocycles. The third-order valence-electron chi connectivity index (χ3n) is 6.48. The summed E-state index contributed by atoms with van der Waals surface area (Å²) in [6, 6.07) is 11.9. The summed E-state index contributed by atoms with van der Waals surface area (Å²) < 4.78 is 39.7. The molecule has 208 valence electrons. The number of amides is 1. The van der Waals surface area contributed by atoms with Crippen molar-refractivity contribution in [1.29, 1.82) is 0 Å². The van der Waals surface area contributed by atoms with Crippen LogP contribution in [0.15, 0.2) is 48.5 Å². The SMILES string of the molecule is Cc1cc(F)ccc1Oc1cc(C2CC2)c(C)cc1C(=O)Nc1ccc(F)c(OCC(O)CNC(C)(C)C)c1. The number of carbonyl (C=O) groups excluding carboxylic acids is 1. The minimum atomic E-state index is -0.843. The molecule has 3 N–H and O–H groups in total. The summed E-state index contributed by atoms with van der Waals surface area (Å²) in [5.74, 6) is -0.249. The number of rotatable bonds is 10. The zero-order valence-corrected chi connectivity index (χ0v) is 23.0. The molecule has 0 heterocycles. The van der Waals surface area contributed by atoms with Crippen molar-refractivity contribution >= 4 is 11.6 Å². The molecule has 1 saturated carbocycles. The normalized spacial score (nSPS) is 14.2. The molecule has 39 heavy (non-hydrogen) atoms. The van der Waals surface area contributed by atoms with E-state index >= 15 is 0 Å². The van der Waals surface area contributed by atoms with Crippen molar-refractivity contribution in [3.05, 3.63) is 82.4 Å². The van der Waals surface area contributed by atoms with E-state index in [9.17, 15) is 18.7 Å². The Morgan fingerprint density at radius 3 is 2.41 bits per heavy atom. The first kappa shape index (κ1) is 28.5. The van der Waals surface area contributed by atoms with E-state index in [2.05, 4.69) is 10.6 Å². The van der Waals surface area contributed by atoms with Gasteiger partial charge in [0.25, 0.3) is 5.91 Å². The molecule has 1 fully saturated rings. The summed E-state index contributed by atoms with van der Waals surface area (Å²) >= 11 is 0. The quantitative estimate of drug-likeness (QED) is 0.270. The summed E-state index contributed by atoms with van der Waals surface area (Å²) in [5.41, 5.74) is 3.16. The van der Waals surface area contributed by atoms with Gasteiger partial charge in [0.2, 0.25) is 0 Å². The van der Waals surface area contributed by atoms with Crippen LogP contribution >= 0.6 is 0 Å². The van der Waals surface area contributed by atoms with Gasteiger partial charge in [-0.15, -0.1) is 0 Å². The second-order valence-electron chi connectivity index (χ2n) is 11.2. The highest BCUT2D eigenvalue weighted by Gasteiger charge is 2.28. The van der Waals surface area contributed by atoms with Crippen molar-refractivity contribution in [3.63, 3.8) is 0 Å². The monoisotopic (exact) mass is 538 g/mol.